The van der Waals surface area contributed by atoms with E-state index in [9.17, 15) is 4.79 Å². The Labute approximate surface area is 115 Å². The van der Waals surface area contributed by atoms with E-state index in [1.54, 1.807) is 19.1 Å². The van der Waals surface area contributed by atoms with Crippen molar-refractivity contribution in [3.8, 4) is 0 Å². The molecule has 0 amide bonds. The van der Waals surface area contributed by atoms with Crippen molar-refractivity contribution in [3.05, 3.63) is 23.8 Å². The van der Waals surface area contributed by atoms with Crippen LogP contribution in [0.15, 0.2) is 18.2 Å². The number of anilines is 2. The van der Waals surface area contributed by atoms with Gasteiger partial charge in [-0.05, 0) is 44.4 Å². The van der Waals surface area contributed by atoms with E-state index >= 15 is 0 Å². The first-order chi connectivity index (χ1) is 8.93. The van der Waals surface area contributed by atoms with E-state index in [1.807, 2.05) is 6.07 Å². The molecule has 3 N–H and O–H groups in total. The van der Waals surface area contributed by atoms with Gasteiger partial charge in [0.05, 0.1) is 23.5 Å². The maximum atomic E-state index is 11.6. The van der Waals surface area contributed by atoms with Crippen molar-refractivity contribution in [1.29, 1.82) is 0 Å². The molecule has 106 valence electrons. The molecule has 0 heterocycles. The number of ether oxygens (including phenoxy) is 1. The topological polar surface area (TPSA) is 64.3 Å². The molecule has 0 saturated carbocycles. The van der Waals surface area contributed by atoms with Crippen LogP contribution in [-0.4, -0.2) is 18.6 Å². The van der Waals surface area contributed by atoms with Gasteiger partial charge in [0.25, 0.3) is 0 Å². The minimum Gasteiger partial charge on any atom is -0.462 e. The third-order valence-electron chi connectivity index (χ3n) is 2.79. The SMILES string of the molecule is CCOC(=O)c1ccc(NC(C)CC(C)C)c(N)c1. The molecule has 0 aliphatic carbocycles. The van der Waals surface area contributed by atoms with Crippen LogP contribution in [0.1, 0.15) is 44.5 Å². The number of nitrogens with one attached hydrogen (secondary N) is 1. The molecule has 0 radical (unpaired) electrons. The Balaban J connectivity index is 2.74. The lowest BCUT2D eigenvalue weighted by atomic mass is 10.0. The molecule has 0 spiro atoms. The van der Waals surface area contributed by atoms with Crippen LogP contribution in [-0.2, 0) is 4.74 Å². The van der Waals surface area contributed by atoms with Crippen LogP contribution in [0.25, 0.3) is 0 Å². The molecule has 0 fully saturated rings. The summed E-state index contributed by atoms with van der Waals surface area (Å²) < 4.78 is 4.94. The summed E-state index contributed by atoms with van der Waals surface area (Å²) in [5.74, 6) is 0.290. The molecule has 4 nitrogen and oxygen atoms in total. The van der Waals surface area contributed by atoms with E-state index in [1.165, 1.54) is 0 Å². The number of rotatable bonds is 6. The second-order valence-electron chi connectivity index (χ2n) is 5.20. The summed E-state index contributed by atoms with van der Waals surface area (Å²) in [7, 11) is 0. The molecular weight excluding hydrogens is 240 g/mol. The third-order valence-corrected chi connectivity index (χ3v) is 2.79. The highest BCUT2D eigenvalue weighted by molar-refractivity contribution is 5.91. The summed E-state index contributed by atoms with van der Waals surface area (Å²) in [4.78, 5) is 11.6. The Morgan fingerprint density at radius 1 is 1.37 bits per heavy atom. The van der Waals surface area contributed by atoms with E-state index < -0.39 is 0 Å². The molecule has 19 heavy (non-hydrogen) atoms. The van der Waals surface area contributed by atoms with E-state index in [4.69, 9.17) is 10.5 Å². The first-order valence-electron chi connectivity index (χ1n) is 6.77. The largest absolute Gasteiger partial charge is 0.462 e. The molecule has 0 bridgehead atoms. The number of hydrogen-bond donors (Lipinski definition) is 2. The Morgan fingerprint density at radius 2 is 2.05 bits per heavy atom. The lowest BCUT2D eigenvalue weighted by Gasteiger charge is -2.18. The average Bonchev–Trinajstić information content (AvgIpc) is 2.31. The van der Waals surface area contributed by atoms with Crippen LogP contribution in [0.5, 0.6) is 0 Å². The summed E-state index contributed by atoms with van der Waals surface area (Å²) in [5, 5.41) is 3.36. The summed E-state index contributed by atoms with van der Waals surface area (Å²) in [6.07, 6.45) is 1.07. The Bertz CT molecular complexity index is 430. The maximum absolute atomic E-state index is 11.6. The van der Waals surface area contributed by atoms with Crippen molar-refractivity contribution in [2.24, 2.45) is 5.92 Å². The number of carbonyl (C=O) groups excluding carboxylic acids is 1. The predicted molar refractivity (Wildman–Crippen MR) is 79.4 cm³/mol. The molecular formula is C15H24N2O2. The van der Waals surface area contributed by atoms with Gasteiger partial charge >= 0.3 is 5.97 Å². The first kappa shape index (κ1) is 15.3. The molecule has 1 aromatic rings. The smallest absolute Gasteiger partial charge is 0.338 e. The van der Waals surface area contributed by atoms with Gasteiger partial charge in [0.15, 0.2) is 0 Å². The highest BCUT2D eigenvalue weighted by Gasteiger charge is 2.11. The number of carbonyl (C=O) groups is 1. The van der Waals surface area contributed by atoms with E-state index in [0.29, 0.717) is 29.8 Å². The van der Waals surface area contributed by atoms with Crippen LogP contribution < -0.4 is 11.1 Å². The van der Waals surface area contributed by atoms with Crippen LogP contribution in [0.2, 0.25) is 0 Å². The highest BCUT2D eigenvalue weighted by Crippen LogP contribution is 2.22. The molecule has 4 heteroatoms. The molecule has 0 aliphatic rings. The van der Waals surface area contributed by atoms with Crippen molar-refractivity contribution in [2.75, 3.05) is 17.7 Å². The zero-order valence-corrected chi connectivity index (χ0v) is 12.2. The van der Waals surface area contributed by atoms with Gasteiger partial charge in [0, 0.05) is 6.04 Å². The maximum Gasteiger partial charge on any atom is 0.338 e. The predicted octanol–water partition coefficient (Wildman–Crippen LogP) is 3.29. The average molecular weight is 264 g/mol. The van der Waals surface area contributed by atoms with Crippen LogP contribution in [0.3, 0.4) is 0 Å². The van der Waals surface area contributed by atoms with Crippen molar-refractivity contribution >= 4 is 17.3 Å². The second-order valence-corrected chi connectivity index (χ2v) is 5.20. The fourth-order valence-electron chi connectivity index (χ4n) is 2.07. The zero-order valence-electron chi connectivity index (χ0n) is 12.2. The molecule has 1 rings (SSSR count). The number of benzene rings is 1. The number of nitrogens with two attached hydrogens (primary N) is 1. The summed E-state index contributed by atoms with van der Waals surface area (Å²) in [6.45, 7) is 8.64. The van der Waals surface area contributed by atoms with Gasteiger partial charge in [-0.3, -0.25) is 0 Å². The van der Waals surface area contributed by atoms with Crippen LogP contribution in [0.4, 0.5) is 11.4 Å². The first-order valence-corrected chi connectivity index (χ1v) is 6.77. The minimum absolute atomic E-state index is 0.337. The van der Waals surface area contributed by atoms with Gasteiger partial charge in [-0.1, -0.05) is 13.8 Å². The molecule has 1 unspecified atom stereocenters. The molecule has 0 aromatic heterocycles. The minimum atomic E-state index is -0.337. The van der Waals surface area contributed by atoms with Crippen LogP contribution in [0, 0.1) is 5.92 Å². The number of hydrogen-bond acceptors (Lipinski definition) is 4. The summed E-state index contributed by atoms with van der Waals surface area (Å²) >= 11 is 0. The number of esters is 1. The Kier molecular flexibility index (Phi) is 5.67. The van der Waals surface area contributed by atoms with Gasteiger partial charge in [-0.25, -0.2) is 4.79 Å². The fraction of sp³-hybridized carbons (Fsp3) is 0.533. The fourth-order valence-corrected chi connectivity index (χ4v) is 2.07. The van der Waals surface area contributed by atoms with E-state index in [2.05, 4.69) is 26.1 Å². The molecule has 0 aliphatic heterocycles. The lowest BCUT2D eigenvalue weighted by molar-refractivity contribution is 0.0526. The Hall–Kier alpha value is -1.71. The summed E-state index contributed by atoms with van der Waals surface area (Å²) in [5.41, 5.74) is 7.88. The standard InChI is InChI=1S/C15H24N2O2/c1-5-19-15(18)12-6-7-14(13(16)9-12)17-11(4)8-10(2)3/h6-7,9-11,17H,5,8,16H2,1-4H3. The van der Waals surface area contributed by atoms with Crippen molar-refractivity contribution < 1.29 is 9.53 Å². The summed E-state index contributed by atoms with van der Waals surface area (Å²) in [6, 6.07) is 5.57. The highest BCUT2D eigenvalue weighted by atomic mass is 16.5. The van der Waals surface area contributed by atoms with Crippen LogP contribution >= 0.6 is 0 Å². The van der Waals surface area contributed by atoms with Gasteiger partial charge in [-0.2, -0.15) is 0 Å². The number of nitrogen functional groups attached to an aromatic ring is 1. The lowest BCUT2D eigenvalue weighted by Crippen LogP contribution is -2.18. The van der Waals surface area contributed by atoms with Crippen molar-refractivity contribution in [1.82, 2.24) is 0 Å². The van der Waals surface area contributed by atoms with E-state index in [-0.39, 0.29) is 5.97 Å². The Morgan fingerprint density at radius 3 is 2.58 bits per heavy atom. The quantitative estimate of drug-likeness (QED) is 0.611. The molecule has 1 aromatic carbocycles. The molecule has 1 atom stereocenters. The monoisotopic (exact) mass is 264 g/mol. The molecule has 0 saturated heterocycles. The van der Waals surface area contributed by atoms with E-state index in [0.717, 1.165) is 12.1 Å². The third kappa shape index (κ3) is 4.81. The van der Waals surface area contributed by atoms with Gasteiger partial charge in [-0.15, -0.1) is 0 Å². The zero-order chi connectivity index (χ0) is 14.4. The normalized spacial score (nSPS) is 12.3. The van der Waals surface area contributed by atoms with Crippen molar-refractivity contribution in [3.63, 3.8) is 0 Å². The van der Waals surface area contributed by atoms with Crippen molar-refractivity contribution in [2.45, 2.75) is 40.2 Å². The van der Waals surface area contributed by atoms with Gasteiger partial charge < -0.3 is 15.8 Å². The van der Waals surface area contributed by atoms with Gasteiger partial charge in [0.1, 0.15) is 0 Å². The van der Waals surface area contributed by atoms with Gasteiger partial charge in [0.2, 0.25) is 0 Å². The second kappa shape index (κ2) is 7.02.